The highest BCUT2D eigenvalue weighted by molar-refractivity contribution is 5.76. The van der Waals surface area contributed by atoms with E-state index in [0.29, 0.717) is 12.0 Å². The maximum atomic E-state index is 12.1. The Balaban J connectivity index is 2.42. The smallest absolute Gasteiger partial charge is 0.323 e. The zero-order valence-electron chi connectivity index (χ0n) is 16.3. The molecule has 0 radical (unpaired) electrons. The molecule has 7 nitrogen and oxygen atoms in total. The minimum Gasteiger partial charge on any atom is -0.504 e. The third kappa shape index (κ3) is 8.30. The fraction of sp³-hybridized carbons (Fsp3) is 0.600. The zero-order chi connectivity index (χ0) is 20.4. The normalized spacial score (nSPS) is 14.2. The maximum Gasteiger partial charge on any atom is 0.323 e. The van der Waals surface area contributed by atoms with Crippen LogP contribution in [-0.4, -0.2) is 40.4 Å². The molecule has 0 unspecified atom stereocenters. The van der Waals surface area contributed by atoms with Crippen molar-refractivity contribution in [2.45, 2.75) is 77.5 Å². The number of carbonyl (C=O) groups is 2. The number of unbranched alkanes of at least 4 members (excludes halogenated alkanes) is 3. The molecule has 1 aromatic rings. The fourth-order valence-corrected chi connectivity index (χ4v) is 2.46. The number of carbonyl (C=O) groups excluding carboxylic acids is 2. The number of phenols is 2. The predicted molar refractivity (Wildman–Crippen MR) is 101 cm³/mol. The van der Waals surface area contributed by atoms with Gasteiger partial charge in [-0.25, -0.2) is 0 Å². The van der Waals surface area contributed by atoms with Crippen LogP contribution in [0.1, 0.15) is 58.4 Å². The van der Waals surface area contributed by atoms with Crippen molar-refractivity contribution in [1.82, 2.24) is 0 Å². The van der Waals surface area contributed by atoms with Gasteiger partial charge in [-0.15, -0.1) is 0 Å². The van der Waals surface area contributed by atoms with Crippen molar-refractivity contribution in [3.8, 4) is 11.5 Å². The number of ether oxygens (including phenoxy) is 2. The van der Waals surface area contributed by atoms with Gasteiger partial charge in [-0.3, -0.25) is 9.59 Å². The number of esters is 2. The van der Waals surface area contributed by atoms with E-state index in [0.717, 1.165) is 25.7 Å². The van der Waals surface area contributed by atoms with Crippen molar-refractivity contribution < 1.29 is 29.3 Å². The number of benzene rings is 1. The Morgan fingerprint density at radius 1 is 1.04 bits per heavy atom. The van der Waals surface area contributed by atoms with Gasteiger partial charge >= 0.3 is 11.9 Å². The van der Waals surface area contributed by atoms with Crippen molar-refractivity contribution in [3.63, 3.8) is 0 Å². The first-order valence-corrected chi connectivity index (χ1v) is 9.41. The number of hydrogen-bond acceptors (Lipinski definition) is 7. The zero-order valence-corrected chi connectivity index (χ0v) is 16.3. The van der Waals surface area contributed by atoms with Crippen LogP contribution < -0.4 is 5.73 Å². The van der Waals surface area contributed by atoms with Crippen LogP contribution in [0.4, 0.5) is 0 Å². The molecule has 4 N–H and O–H groups in total. The van der Waals surface area contributed by atoms with E-state index in [1.807, 2.05) is 0 Å². The molecule has 0 bridgehead atoms. The van der Waals surface area contributed by atoms with Crippen LogP contribution in [0.15, 0.2) is 18.2 Å². The van der Waals surface area contributed by atoms with E-state index in [2.05, 4.69) is 6.92 Å². The van der Waals surface area contributed by atoms with E-state index in [1.54, 1.807) is 19.9 Å². The van der Waals surface area contributed by atoms with Gasteiger partial charge in [-0.05, 0) is 44.4 Å². The Morgan fingerprint density at radius 2 is 1.70 bits per heavy atom. The van der Waals surface area contributed by atoms with Crippen molar-refractivity contribution in [1.29, 1.82) is 0 Å². The van der Waals surface area contributed by atoms with E-state index in [4.69, 9.17) is 15.2 Å². The Bertz CT molecular complexity index is 618. The number of hydrogen-bond donors (Lipinski definition) is 3. The second-order valence-corrected chi connectivity index (χ2v) is 6.78. The fourth-order valence-electron chi connectivity index (χ4n) is 2.46. The third-order valence-corrected chi connectivity index (χ3v) is 4.31. The first-order chi connectivity index (χ1) is 12.7. The highest BCUT2D eigenvalue weighted by atomic mass is 16.6. The lowest BCUT2D eigenvalue weighted by molar-refractivity contribution is -0.166. The molecular weight excluding hydrogens is 350 g/mol. The van der Waals surface area contributed by atoms with Gasteiger partial charge in [0.15, 0.2) is 11.5 Å². The molecular formula is C20H31NO6. The molecule has 0 heterocycles. The quantitative estimate of drug-likeness (QED) is 0.306. The molecule has 152 valence electrons. The first-order valence-electron chi connectivity index (χ1n) is 9.41. The minimum absolute atomic E-state index is 0.144. The van der Waals surface area contributed by atoms with Gasteiger partial charge in [0.05, 0.1) is 0 Å². The highest BCUT2D eigenvalue weighted by Gasteiger charge is 2.24. The Kier molecular flexibility index (Phi) is 9.64. The van der Waals surface area contributed by atoms with E-state index in [9.17, 15) is 19.8 Å². The maximum absolute atomic E-state index is 12.1. The number of nitrogens with two attached hydrogens (primary N) is 1. The van der Waals surface area contributed by atoms with Crippen LogP contribution in [0.3, 0.4) is 0 Å². The molecule has 0 aliphatic heterocycles. The summed E-state index contributed by atoms with van der Waals surface area (Å²) in [5, 5.41) is 18.8. The number of rotatable bonds is 11. The SMILES string of the molecule is CCCCCCC(=O)O[C@H](C)[C@H](C)OC(=O)[C@@H](N)Cc1ccc(O)c(O)c1. The average Bonchev–Trinajstić information content (AvgIpc) is 2.61. The summed E-state index contributed by atoms with van der Waals surface area (Å²) in [6.07, 6.45) is 3.27. The summed E-state index contributed by atoms with van der Waals surface area (Å²) in [5.41, 5.74) is 6.45. The van der Waals surface area contributed by atoms with Gasteiger partial charge in [0.2, 0.25) is 0 Å². The summed E-state index contributed by atoms with van der Waals surface area (Å²) in [5.74, 6) is -1.44. The van der Waals surface area contributed by atoms with Gasteiger partial charge < -0.3 is 25.4 Å². The molecule has 0 saturated carbocycles. The molecule has 27 heavy (non-hydrogen) atoms. The first kappa shape index (κ1) is 22.8. The number of phenolic OH excluding ortho intramolecular Hbond substituents is 2. The average molecular weight is 381 g/mol. The lowest BCUT2D eigenvalue weighted by atomic mass is 10.1. The Morgan fingerprint density at radius 3 is 2.33 bits per heavy atom. The van der Waals surface area contributed by atoms with Crippen LogP contribution in [0, 0.1) is 0 Å². The van der Waals surface area contributed by atoms with E-state index in [-0.39, 0.29) is 23.9 Å². The van der Waals surface area contributed by atoms with Crippen molar-refractivity contribution in [2.75, 3.05) is 0 Å². The van der Waals surface area contributed by atoms with Gasteiger partial charge in [0, 0.05) is 6.42 Å². The molecule has 0 saturated heterocycles. The minimum atomic E-state index is -0.937. The van der Waals surface area contributed by atoms with Gasteiger partial charge in [-0.1, -0.05) is 32.3 Å². The summed E-state index contributed by atoms with van der Waals surface area (Å²) < 4.78 is 10.6. The van der Waals surface area contributed by atoms with Gasteiger partial charge in [0.25, 0.3) is 0 Å². The van der Waals surface area contributed by atoms with Crippen LogP contribution in [0.25, 0.3) is 0 Å². The molecule has 7 heteroatoms. The highest BCUT2D eigenvalue weighted by Crippen LogP contribution is 2.25. The number of aromatic hydroxyl groups is 2. The predicted octanol–water partition coefficient (Wildman–Crippen LogP) is 2.80. The second-order valence-electron chi connectivity index (χ2n) is 6.78. The molecule has 0 amide bonds. The monoisotopic (exact) mass is 381 g/mol. The van der Waals surface area contributed by atoms with Gasteiger partial charge in [-0.2, -0.15) is 0 Å². The molecule has 0 aliphatic rings. The summed E-state index contributed by atoms with van der Waals surface area (Å²) in [7, 11) is 0. The van der Waals surface area contributed by atoms with E-state index >= 15 is 0 Å². The lowest BCUT2D eigenvalue weighted by Gasteiger charge is -2.22. The molecule has 1 rings (SSSR count). The van der Waals surface area contributed by atoms with Crippen LogP contribution in [0.2, 0.25) is 0 Å². The van der Waals surface area contributed by atoms with E-state index in [1.165, 1.54) is 12.1 Å². The molecule has 3 atom stereocenters. The van der Waals surface area contributed by atoms with Crippen LogP contribution in [-0.2, 0) is 25.5 Å². The van der Waals surface area contributed by atoms with Gasteiger partial charge in [0.1, 0.15) is 18.2 Å². The standard InChI is InChI=1S/C20H31NO6/c1-4-5-6-7-8-19(24)26-13(2)14(3)27-20(25)16(21)11-15-9-10-17(22)18(23)12-15/h9-10,12-14,16,22-23H,4-8,11,21H2,1-3H3/t13-,14+,16+/m1/s1. The molecule has 0 aliphatic carbocycles. The lowest BCUT2D eigenvalue weighted by Crippen LogP contribution is -2.39. The van der Waals surface area contributed by atoms with Crippen LogP contribution >= 0.6 is 0 Å². The van der Waals surface area contributed by atoms with Crippen molar-refractivity contribution in [2.24, 2.45) is 5.73 Å². The molecule has 0 fully saturated rings. The molecule has 0 spiro atoms. The third-order valence-electron chi connectivity index (χ3n) is 4.31. The largest absolute Gasteiger partial charge is 0.504 e. The van der Waals surface area contributed by atoms with Crippen LogP contribution in [0.5, 0.6) is 11.5 Å². The Labute approximate surface area is 160 Å². The van der Waals surface area contributed by atoms with E-state index < -0.39 is 24.2 Å². The topological polar surface area (TPSA) is 119 Å². The second kappa shape index (κ2) is 11.4. The molecule has 1 aromatic carbocycles. The summed E-state index contributed by atoms with van der Waals surface area (Å²) in [6.45, 7) is 5.42. The summed E-state index contributed by atoms with van der Waals surface area (Å²) >= 11 is 0. The molecule has 0 aromatic heterocycles. The van der Waals surface area contributed by atoms with Crippen molar-refractivity contribution in [3.05, 3.63) is 23.8 Å². The van der Waals surface area contributed by atoms with Crippen molar-refractivity contribution >= 4 is 11.9 Å². The summed E-state index contributed by atoms with van der Waals surface area (Å²) in [6, 6.07) is 3.30. The summed E-state index contributed by atoms with van der Waals surface area (Å²) in [4.78, 5) is 24.0. The Hall–Kier alpha value is -2.28.